The van der Waals surface area contributed by atoms with Gasteiger partial charge in [-0.05, 0) is 25.3 Å². The molecule has 2 rings (SSSR count). The average Bonchev–Trinajstić information content (AvgIpc) is 3.00. The van der Waals surface area contributed by atoms with Crippen LogP contribution in [0, 0.1) is 0 Å². The van der Waals surface area contributed by atoms with Crippen LogP contribution in [0.4, 0.5) is 5.69 Å². The first-order valence-electron chi connectivity index (χ1n) is 6.00. The SMILES string of the molecule is CC(C)(C(=O)O)n1cc(NC(=O)Cc2cccs2)cn1. The van der Waals surface area contributed by atoms with Gasteiger partial charge in [-0.2, -0.15) is 5.10 Å². The number of hydrogen-bond donors (Lipinski definition) is 2. The Bertz CT molecular complexity index is 617. The van der Waals surface area contributed by atoms with Crippen molar-refractivity contribution in [3.8, 4) is 0 Å². The molecule has 0 aromatic carbocycles. The zero-order chi connectivity index (χ0) is 14.8. The number of nitrogens with zero attached hydrogens (tertiary/aromatic N) is 2. The molecule has 7 heteroatoms. The van der Waals surface area contributed by atoms with Crippen molar-refractivity contribution in [3.05, 3.63) is 34.8 Å². The Morgan fingerprint density at radius 2 is 2.25 bits per heavy atom. The maximum absolute atomic E-state index is 11.8. The molecule has 2 N–H and O–H groups in total. The van der Waals surface area contributed by atoms with Gasteiger partial charge in [-0.25, -0.2) is 4.79 Å². The molecule has 0 spiro atoms. The fourth-order valence-electron chi connectivity index (χ4n) is 1.57. The van der Waals surface area contributed by atoms with Crippen molar-refractivity contribution in [2.45, 2.75) is 25.8 Å². The Morgan fingerprint density at radius 1 is 1.50 bits per heavy atom. The van der Waals surface area contributed by atoms with Crippen LogP contribution in [0.1, 0.15) is 18.7 Å². The average molecular weight is 293 g/mol. The predicted molar refractivity (Wildman–Crippen MR) is 75.8 cm³/mol. The maximum Gasteiger partial charge on any atom is 0.331 e. The van der Waals surface area contributed by atoms with Gasteiger partial charge in [0.2, 0.25) is 5.91 Å². The van der Waals surface area contributed by atoms with E-state index in [1.165, 1.54) is 28.4 Å². The van der Waals surface area contributed by atoms with E-state index < -0.39 is 11.5 Å². The van der Waals surface area contributed by atoms with E-state index in [9.17, 15) is 9.59 Å². The molecule has 0 aliphatic rings. The number of amides is 1. The molecule has 0 fully saturated rings. The van der Waals surface area contributed by atoms with Crippen LogP contribution < -0.4 is 5.32 Å². The molecule has 6 nitrogen and oxygen atoms in total. The Morgan fingerprint density at radius 3 is 2.85 bits per heavy atom. The van der Waals surface area contributed by atoms with Gasteiger partial charge in [0.05, 0.1) is 18.3 Å². The van der Waals surface area contributed by atoms with Gasteiger partial charge in [0.1, 0.15) is 0 Å². The van der Waals surface area contributed by atoms with Crippen LogP contribution >= 0.6 is 11.3 Å². The van der Waals surface area contributed by atoms with Crippen molar-refractivity contribution in [2.75, 3.05) is 5.32 Å². The van der Waals surface area contributed by atoms with Gasteiger partial charge >= 0.3 is 5.97 Å². The van der Waals surface area contributed by atoms with E-state index in [0.717, 1.165) is 4.88 Å². The summed E-state index contributed by atoms with van der Waals surface area (Å²) < 4.78 is 1.32. The van der Waals surface area contributed by atoms with E-state index in [-0.39, 0.29) is 5.91 Å². The smallest absolute Gasteiger partial charge is 0.331 e. The van der Waals surface area contributed by atoms with Crippen LogP contribution in [-0.2, 0) is 21.5 Å². The first-order valence-corrected chi connectivity index (χ1v) is 6.88. The Hall–Kier alpha value is -2.15. The molecule has 0 saturated carbocycles. The van der Waals surface area contributed by atoms with Gasteiger partial charge < -0.3 is 10.4 Å². The highest BCUT2D eigenvalue weighted by atomic mass is 32.1. The lowest BCUT2D eigenvalue weighted by Crippen LogP contribution is -2.35. The highest BCUT2D eigenvalue weighted by molar-refractivity contribution is 7.10. The van der Waals surface area contributed by atoms with Gasteiger partial charge in [-0.15, -0.1) is 11.3 Å². The first kappa shape index (κ1) is 14.3. The summed E-state index contributed by atoms with van der Waals surface area (Å²) in [4.78, 5) is 23.9. The molecule has 0 radical (unpaired) electrons. The molecule has 0 aliphatic heterocycles. The van der Waals surface area contributed by atoms with Gasteiger partial charge in [-0.3, -0.25) is 9.48 Å². The molecule has 0 unspecified atom stereocenters. The summed E-state index contributed by atoms with van der Waals surface area (Å²) >= 11 is 1.52. The lowest BCUT2D eigenvalue weighted by atomic mass is 10.1. The zero-order valence-corrected chi connectivity index (χ0v) is 12.0. The van der Waals surface area contributed by atoms with Crippen molar-refractivity contribution in [3.63, 3.8) is 0 Å². The van der Waals surface area contributed by atoms with Crippen molar-refractivity contribution in [1.29, 1.82) is 0 Å². The van der Waals surface area contributed by atoms with Crippen LogP contribution in [0.2, 0.25) is 0 Å². The van der Waals surface area contributed by atoms with Gasteiger partial charge in [-0.1, -0.05) is 6.07 Å². The van der Waals surface area contributed by atoms with Crippen LogP contribution in [-0.4, -0.2) is 26.8 Å². The number of nitrogens with one attached hydrogen (secondary N) is 1. The molecule has 20 heavy (non-hydrogen) atoms. The summed E-state index contributed by atoms with van der Waals surface area (Å²) in [6, 6.07) is 3.78. The molecule has 106 valence electrons. The molecule has 1 amide bonds. The topological polar surface area (TPSA) is 84.2 Å². The fourth-order valence-corrected chi connectivity index (χ4v) is 2.27. The van der Waals surface area contributed by atoms with E-state index in [1.807, 2.05) is 17.5 Å². The summed E-state index contributed by atoms with van der Waals surface area (Å²) in [5.41, 5.74) is -0.669. The maximum atomic E-state index is 11.8. The van der Waals surface area contributed by atoms with E-state index in [0.29, 0.717) is 12.1 Å². The first-order chi connectivity index (χ1) is 9.39. The van der Waals surface area contributed by atoms with E-state index >= 15 is 0 Å². The number of aromatic nitrogens is 2. The second-order valence-corrected chi connectivity index (χ2v) is 5.87. The van der Waals surface area contributed by atoms with Crippen molar-refractivity contribution in [1.82, 2.24) is 9.78 Å². The summed E-state index contributed by atoms with van der Waals surface area (Å²) in [7, 11) is 0. The molecule has 2 heterocycles. The minimum atomic E-state index is -1.16. The number of thiophene rings is 1. The van der Waals surface area contributed by atoms with Crippen molar-refractivity contribution >= 4 is 28.9 Å². The summed E-state index contributed by atoms with van der Waals surface area (Å²) in [6.45, 7) is 3.08. The van der Waals surface area contributed by atoms with Crippen LogP contribution in [0.25, 0.3) is 0 Å². The van der Waals surface area contributed by atoms with Gasteiger partial charge in [0.25, 0.3) is 0 Å². The minimum absolute atomic E-state index is 0.153. The van der Waals surface area contributed by atoms with Crippen LogP contribution in [0.5, 0.6) is 0 Å². The predicted octanol–water partition coefficient (Wildman–Crippen LogP) is 1.95. The molecule has 0 bridgehead atoms. The summed E-state index contributed by atoms with van der Waals surface area (Å²) in [5.74, 6) is -1.14. The number of rotatable bonds is 5. The highest BCUT2D eigenvalue weighted by Crippen LogP contribution is 2.17. The van der Waals surface area contributed by atoms with E-state index in [1.54, 1.807) is 13.8 Å². The quantitative estimate of drug-likeness (QED) is 0.882. The number of carbonyl (C=O) groups excluding carboxylic acids is 1. The fraction of sp³-hybridized carbons (Fsp3) is 0.308. The number of aliphatic carboxylic acids is 1. The molecular formula is C13H15N3O3S. The molecule has 2 aromatic heterocycles. The molecule has 0 aliphatic carbocycles. The summed E-state index contributed by atoms with van der Waals surface area (Å²) in [5, 5.41) is 17.7. The van der Waals surface area contributed by atoms with E-state index in [2.05, 4.69) is 10.4 Å². The molecule has 2 aromatic rings. The third kappa shape index (κ3) is 3.05. The van der Waals surface area contributed by atoms with Crippen molar-refractivity contribution < 1.29 is 14.7 Å². The largest absolute Gasteiger partial charge is 0.479 e. The molecule has 0 saturated heterocycles. The Kier molecular flexibility index (Phi) is 3.89. The summed E-state index contributed by atoms with van der Waals surface area (Å²) in [6.07, 6.45) is 3.25. The normalized spacial score (nSPS) is 11.3. The monoisotopic (exact) mass is 293 g/mol. The Balaban J connectivity index is 2.03. The van der Waals surface area contributed by atoms with Gasteiger partial charge in [0.15, 0.2) is 5.54 Å². The number of carboxylic acids is 1. The standard InChI is InChI=1S/C13H15N3O3S/c1-13(2,12(18)19)16-8-9(7-14-16)15-11(17)6-10-4-3-5-20-10/h3-5,7-8H,6H2,1-2H3,(H,15,17)(H,18,19). The number of hydrogen-bond acceptors (Lipinski definition) is 4. The Labute approximate surface area is 120 Å². The molecule has 0 atom stereocenters. The van der Waals surface area contributed by atoms with Gasteiger partial charge in [0, 0.05) is 11.1 Å². The number of carbonyl (C=O) groups is 2. The third-order valence-electron chi connectivity index (χ3n) is 2.88. The lowest BCUT2D eigenvalue weighted by molar-refractivity contribution is -0.146. The lowest BCUT2D eigenvalue weighted by Gasteiger charge is -2.19. The zero-order valence-electron chi connectivity index (χ0n) is 11.2. The van der Waals surface area contributed by atoms with Crippen LogP contribution in [0.15, 0.2) is 29.9 Å². The second kappa shape index (κ2) is 5.46. The van der Waals surface area contributed by atoms with Crippen molar-refractivity contribution in [2.24, 2.45) is 0 Å². The second-order valence-electron chi connectivity index (χ2n) is 4.84. The van der Waals surface area contributed by atoms with E-state index in [4.69, 9.17) is 5.11 Å². The third-order valence-corrected chi connectivity index (χ3v) is 3.75. The molecular weight excluding hydrogens is 278 g/mol. The van der Waals surface area contributed by atoms with Crippen LogP contribution in [0.3, 0.4) is 0 Å². The highest BCUT2D eigenvalue weighted by Gasteiger charge is 2.30. The number of anilines is 1. The number of carboxylic acid groups (broad SMARTS) is 1. The minimum Gasteiger partial charge on any atom is -0.479 e.